The number of hydrogen-bond acceptors (Lipinski definition) is 3. The molecule has 2 aromatic carbocycles. The van der Waals surface area contributed by atoms with Crippen LogP contribution in [0.15, 0.2) is 65.1 Å². The maximum absolute atomic E-state index is 12.7. The van der Waals surface area contributed by atoms with Crippen molar-refractivity contribution in [3.05, 3.63) is 82.2 Å². The average Bonchev–Trinajstić information content (AvgIpc) is 2.55. The van der Waals surface area contributed by atoms with E-state index in [-0.39, 0.29) is 5.56 Å². The van der Waals surface area contributed by atoms with Crippen LogP contribution in [-0.4, -0.2) is 9.55 Å². The van der Waals surface area contributed by atoms with Crippen molar-refractivity contribution >= 4 is 22.7 Å². The Balaban J connectivity index is 1.99. The second-order valence-electron chi connectivity index (χ2n) is 5.90. The Morgan fingerprint density at radius 2 is 1.88 bits per heavy atom. The van der Waals surface area contributed by atoms with Crippen LogP contribution in [0.25, 0.3) is 10.9 Å². The molecule has 3 rings (SSSR count). The average molecular weight is 336 g/mol. The maximum atomic E-state index is 12.7. The van der Waals surface area contributed by atoms with Crippen LogP contribution in [0.4, 0.5) is 0 Å². The van der Waals surface area contributed by atoms with Crippen molar-refractivity contribution in [2.75, 3.05) is 0 Å². The number of thioether (sulfide) groups is 1. The molecule has 0 N–H and O–H groups in total. The number of aromatic nitrogens is 2. The maximum Gasteiger partial charge on any atom is 0.262 e. The molecule has 0 saturated heterocycles. The predicted molar refractivity (Wildman–Crippen MR) is 102 cm³/mol. The largest absolute Gasteiger partial charge is 0.283 e. The van der Waals surface area contributed by atoms with E-state index in [1.54, 1.807) is 22.4 Å². The summed E-state index contributed by atoms with van der Waals surface area (Å²) >= 11 is 1.59. The molecule has 0 saturated carbocycles. The van der Waals surface area contributed by atoms with Gasteiger partial charge in [0.05, 0.1) is 10.9 Å². The molecule has 1 aromatic heterocycles. The van der Waals surface area contributed by atoms with Crippen LogP contribution in [0.3, 0.4) is 0 Å². The van der Waals surface area contributed by atoms with Gasteiger partial charge in [-0.15, -0.1) is 6.58 Å². The summed E-state index contributed by atoms with van der Waals surface area (Å²) in [4.78, 5) is 17.4. The van der Waals surface area contributed by atoms with Gasteiger partial charge < -0.3 is 0 Å². The van der Waals surface area contributed by atoms with E-state index in [1.807, 2.05) is 24.3 Å². The van der Waals surface area contributed by atoms with Crippen LogP contribution in [0.5, 0.6) is 0 Å². The second-order valence-corrected chi connectivity index (χ2v) is 6.84. The minimum atomic E-state index is -0.0107. The van der Waals surface area contributed by atoms with Crippen LogP contribution in [0.2, 0.25) is 0 Å². The Labute approximate surface area is 146 Å². The highest BCUT2D eigenvalue weighted by Crippen LogP contribution is 2.23. The van der Waals surface area contributed by atoms with Gasteiger partial charge in [0.25, 0.3) is 5.56 Å². The highest BCUT2D eigenvalue weighted by molar-refractivity contribution is 7.98. The zero-order valence-electron chi connectivity index (χ0n) is 14.0. The van der Waals surface area contributed by atoms with E-state index >= 15 is 0 Å². The summed E-state index contributed by atoms with van der Waals surface area (Å²) in [5.74, 6) is 0.782. The van der Waals surface area contributed by atoms with Crippen LogP contribution >= 0.6 is 11.8 Å². The van der Waals surface area contributed by atoms with Crippen LogP contribution in [0, 0.1) is 13.8 Å². The topological polar surface area (TPSA) is 34.9 Å². The molecule has 0 unspecified atom stereocenters. The molecule has 0 spiro atoms. The molecule has 0 aliphatic rings. The van der Waals surface area contributed by atoms with Crippen LogP contribution < -0.4 is 5.56 Å². The molecule has 24 heavy (non-hydrogen) atoms. The zero-order valence-corrected chi connectivity index (χ0v) is 14.8. The lowest BCUT2D eigenvalue weighted by Gasteiger charge is -2.12. The van der Waals surface area contributed by atoms with Gasteiger partial charge in [-0.3, -0.25) is 9.36 Å². The Morgan fingerprint density at radius 3 is 2.58 bits per heavy atom. The molecule has 3 nitrogen and oxygen atoms in total. The van der Waals surface area contributed by atoms with Crippen molar-refractivity contribution in [2.24, 2.45) is 0 Å². The highest BCUT2D eigenvalue weighted by Gasteiger charge is 2.10. The number of hydrogen-bond donors (Lipinski definition) is 0. The lowest BCUT2D eigenvalue weighted by atomic mass is 10.1. The third-order valence-electron chi connectivity index (χ3n) is 3.79. The zero-order chi connectivity index (χ0) is 17.1. The normalized spacial score (nSPS) is 10.9. The van der Waals surface area contributed by atoms with Gasteiger partial charge in [-0.2, -0.15) is 0 Å². The third kappa shape index (κ3) is 3.44. The van der Waals surface area contributed by atoms with E-state index in [0.29, 0.717) is 11.9 Å². The van der Waals surface area contributed by atoms with Crippen molar-refractivity contribution in [2.45, 2.75) is 31.3 Å². The lowest BCUT2D eigenvalue weighted by Crippen LogP contribution is -2.22. The summed E-state index contributed by atoms with van der Waals surface area (Å²) in [5.41, 5.74) is 4.47. The number of rotatable bonds is 5. The van der Waals surface area contributed by atoms with Crippen molar-refractivity contribution in [1.29, 1.82) is 0 Å². The third-order valence-corrected chi connectivity index (χ3v) is 4.84. The smallest absolute Gasteiger partial charge is 0.262 e. The Kier molecular flexibility index (Phi) is 4.86. The molecule has 0 aliphatic heterocycles. The van der Waals surface area contributed by atoms with E-state index in [4.69, 9.17) is 4.98 Å². The number of nitrogens with zero attached hydrogens (tertiary/aromatic N) is 2. The summed E-state index contributed by atoms with van der Waals surface area (Å²) in [7, 11) is 0. The SMILES string of the molecule is C=CCn1c(SCc2cc(C)cc(C)c2)nc2ccccc2c1=O. The molecule has 0 atom stereocenters. The van der Waals surface area contributed by atoms with Crippen LogP contribution in [-0.2, 0) is 12.3 Å². The van der Waals surface area contributed by atoms with Gasteiger partial charge in [-0.1, -0.05) is 59.3 Å². The summed E-state index contributed by atoms with van der Waals surface area (Å²) < 4.78 is 1.70. The summed E-state index contributed by atoms with van der Waals surface area (Å²) in [5, 5.41) is 1.38. The Morgan fingerprint density at radius 1 is 1.17 bits per heavy atom. The van der Waals surface area contributed by atoms with E-state index in [0.717, 1.165) is 16.4 Å². The summed E-state index contributed by atoms with van der Waals surface area (Å²) in [6, 6.07) is 14.0. The number of benzene rings is 2. The number of para-hydroxylation sites is 1. The second kappa shape index (κ2) is 7.05. The van der Waals surface area contributed by atoms with Crippen molar-refractivity contribution in [1.82, 2.24) is 9.55 Å². The summed E-state index contributed by atoms with van der Waals surface area (Å²) in [6.07, 6.45) is 1.73. The van der Waals surface area contributed by atoms with E-state index in [2.05, 4.69) is 38.6 Å². The van der Waals surface area contributed by atoms with Gasteiger partial charge in [0.2, 0.25) is 0 Å². The predicted octanol–water partition coefficient (Wildman–Crippen LogP) is 4.49. The fraction of sp³-hybridized carbons (Fsp3) is 0.200. The van der Waals surface area contributed by atoms with Crippen molar-refractivity contribution in [3.8, 4) is 0 Å². The molecule has 0 amide bonds. The number of aryl methyl sites for hydroxylation is 2. The Hall–Kier alpha value is -2.33. The van der Waals surface area contributed by atoms with Crippen LogP contribution in [0.1, 0.15) is 16.7 Å². The van der Waals surface area contributed by atoms with Gasteiger partial charge in [-0.05, 0) is 31.5 Å². The number of allylic oxidation sites excluding steroid dienone is 1. The first-order valence-electron chi connectivity index (χ1n) is 7.89. The monoisotopic (exact) mass is 336 g/mol. The highest BCUT2D eigenvalue weighted by atomic mass is 32.2. The molecule has 0 fully saturated rings. The summed E-state index contributed by atoms with van der Waals surface area (Å²) in [6.45, 7) is 8.43. The molecular formula is C20H20N2OS. The van der Waals surface area contributed by atoms with Crippen molar-refractivity contribution in [3.63, 3.8) is 0 Å². The van der Waals surface area contributed by atoms with E-state index in [1.165, 1.54) is 16.7 Å². The number of fused-ring (bicyclic) bond motifs is 1. The van der Waals surface area contributed by atoms with Gasteiger partial charge in [0, 0.05) is 12.3 Å². The molecule has 0 radical (unpaired) electrons. The van der Waals surface area contributed by atoms with Crippen molar-refractivity contribution < 1.29 is 0 Å². The standard InChI is InChI=1S/C20H20N2OS/c1-4-9-22-19(23)17-7-5-6-8-18(17)21-20(22)24-13-16-11-14(2)10-15(3)12-16/h4-8,10-12H,1,9,13H2,2-3H3. The molecular weight excluding hydrogens is 316 g/mol. The van der Waals surface area contributed by atoms with Gasteiger partial charge in [-0.25, -0.2) is 4.98 Å². The molecule has 0 aliphatic carbocycles. The Bertz CT molecular complexity index is 939. The first-order chi connectivity index (χ1) is 11.6. The first-order valence-corrected chi connectivity index (χ1v) is 8.87. The fourth-order valence-electron chi connectivity index (χ4n) is 2.85. The van der Waals surface area contributed by atoms with Gasteiger partial charge in [0.15, 0.2) is 5.16 Å². The molecule has 122 valence electrons. The quantitative estimate of drug-likeness (QED) is 0.391. The molecule has 4 heteroatoms. The lowest BCUT2D eigenvalue weighted by molar-refractivity contribution is 0.671. The minimum Gasteiger partial charge on any atom is -0.283 e. The molecule has 3 aromatic rings. The van der Waals surface area contributed by atoms with Gasteiger partial charge in [0.1, 0.15) is 0 Å². The van der Waals surface area contributed by atoms with E-state index < -0.39 is 0 Å². The van der Waals surface area contributed by atoms with Gasteiger partial charge >= 0.3 is 0 Å². The molecule has 1 heterocycles. The first kappa shape index (κ1) is 16.5. The van der Waals surface area contributed by atoms with E-state index in [9.17, 15) is 4.79 Å². The minimum absolute atomic E-state index is 0.0107. The fourth-order valence-corrected chi connectivity index (χ4v) is 3.79. The molecule has 0 bridgehead atoms.